The molecule has 20 nitrogen and oxygen atoms in total. The Balaban J connectivity index is 1.44. The number of nitrogens with zero attached hydrogens (tertiary/aromatic N) is 6. The van der Waals surface area contributed by atoms with Crippen LogP contribution in [0, 0.1) is 0 Å². The monoisotopic (exact) mass is 668 g/mol. The van der Waals surface area contributed by atoms with Gasteiger partial charge in [-0.2, -0.15) is 9.69 Å². The van der Waals surface area contributed by atoms with Gasteiger partial charge in [-0.05, 0) is 36.4 Å². The molecule has 0 aromatic carbocycles. The summed E-state index contributed by atoms with van der Waals surface area (Å²) in [6.07, 6.45) is 4.76. The summed E-state index contributed by atoms with van der Waals surface area (Å²) >= 11 is 0. The molecule has 6 rings (SSSR count). The number of aromatic nitrogens is 6. The predicted molar refractivity (Wildman–Crippen MR) is 160 cm³/mol. The molecule has 0 radical (unpaired) electrons. The van der Waals surface area contributed by atoms with Gasteiger partial charge >= 0.3 is 23.9 Å². The minimum absolute atomic E-state index is 0.161. The van der Waals surface area contributed by atoms with Crippen molar-refractivity contribution in [1.29, 1.82) is 0 Å². The van der Waals surface area contributed by atoms with Gasteiger partial charge in [0.15, 0.2) is 28.8 Å². The third kappa shape index (κ3) is 5.21. The van der Waals surface area contributed by atoms with Gasteiger partial charge < -0.3 is 35.5 Å². The normalized spacial score (nSPS) is 12.8. The molecule has 0 saturated carbocycles. The Kier molecular flexibility index (Phi) is 7.36. The van der Waals surface area contributed by atoms with Crippen LogP contribution in [-0.2, 0) is 0 Å². The fraction of sp³-hybridized carbons (Fsp3) is 0. The van der Waals surface area contributed by atoms with E-state index in [1.54, 1.807) is 0 Å². The Morgan fingerprint density at radius 2 is 1.37 bits per heavy atom. The standard InChI is InChI=1S/C29H16N8O12/c38-22-12(16(28(46)47)18-20(32-22)34-36(24(18)40)14-6-4-10(8-30-14)26(42)43)2-1-3-13-17(29(48)49)19-21(33-23(13)39)35-37(25(19)41)15-7-5-11(9-31-15)27(44)45/h1-9H,(H,42,43)(H,44,45)(H,46,47)(H,48,49)(H,32,34,38)(H2,33,35,39). The molecule has 7 N–H and O–H groups in total. The van der Waals surface area contributed by atoms with Crippen LogP contribution in [0.15, 0.2) is 57.4 Å². The molecule has 3 aliphatic heterocycles. The second-order valence-electron chi connectivity index (χ2n) is 9.94. The zero-order valence-corrected chi connectivity index (χ0v) is 24.0. The number of rotatable bonds is 8. The van der Waals surface area contributed by atoms with E-state index in [1.807, 2.05) is 0 Å². The molecule has 0 bridgehead atoms. The summed E-state index contributed by atoms with van der Waals surface area (Å²) in [5, 5.41) is 56.8. The Morgan fingerprint density at radius 3 is 1.92 bits per heavy atom. The Morgan fingerprint density at radius 1 is 0.755 bits per heavy atom. The zero-order valence-electron chi connectivity index (χ0n) is 24.0. The van der Waals surface area contributed by atoms with Gasteiger partial charge in [-0.3, -0.25) is 14.4 Å². The number of H-pyrrole nitrogens is 2. The number of hydrogen-bond acceptors (Lipinski definition) is 12. The van der Waals surface area contributed by atoms with Crippen molar-refractivity contribution in [3.8, 4) is 23.1 Å². The van der Waals surface area contributed by atoms with E-state index in [0.717, 1.165) is 54.9 Å². The maximum atomic E-state index is 13.3. The Hall–Kier alpha value is -7.77. The highest BCUT2D eigenvalue weighted by Crippen LogP contribution is 2.30. The van der Waals surface area contributed by atoms with E-state index >= 15 is 0 Å². The number of aromatic hydroxyl groups is 1. The van der Waals surface area contributed by atoms with Crippen LogP contribution in [0.5, 0.6) is 5.88 Å². The van der Waals surface area contributed by atoms with Crippen LogP contribution in [0.25, 0.3) is 29.4 Å². The average molecular weight is 668 g/mol. The van der Waals surface area contributed by atoms with Crippen LogP contribution in [0.1, 0.15) is 57.4 Å². The summed E-state index contributed by atoms with van der Waals surface area (Å²) in [7, 11) is 0. The third-order valence-corrected chi connectivity index (χ3v) is 7.07. The van der Waals surface area contributed by atoms with Crippen molar-refractivity contribution in [2.75, 3.05) is 5.01 Å². The van der Waals surface area contributed by atoms with E-state index in [2.05, 4.69) is 30.1 Å². The molecule has 244 valence electrons. The smallest absolute Gasteiger partial charge is 0.337 e. The third-order valence-electron chi connectivity index (χ3n) is 7.07. The Labute approximate surface area is 267 Å². The fourth-order valence-corrected chi connectivity index (χ4v) is 4.88. The lowest BCUT2D eigenvalue weighted by Crippen LogP contribution is -2.41. The molecule has 20 heteroatoms. The van der Waals surface area contributed by atoms with Crippen molar-refractivity contribution >= 4 is 47.8 Å². The van der Waals surface area contributed by atoms with E-state index in [9.17, 15) is 48.9 Å². The molecule has 0 atom stereocenters. The molecular formula is C29H16N8O12. The summed E-state index contributed by atoms with van der Waals surface area (Å²) < 4.78 is 0.683. The highest BCUT2D eigenvalue weighted by atomic mass is 16.4. The number of carbonyl (C=O) groups is 5. The topological polar surface area (TPSA) is 311 Å². The number of carbonyl (C=O) groups excluding carboxylic acids is 1. The van der Waals surface area contributed by atoms with Crippen LogP contribution >= 0.6 is 0 Å². The van der Waals surface area contributed by atoms with Crippen molar-refractivity contribution < 1.29 is 49.5 Å². The summed E-state index contributed by atoms with van der Waals surface area (Å²) in [5.41, 5.74) is -5.88. The number of carboxylic acids is 4. The van der Waals surface area contributed by atoms with Crippen LogP contribution in [0.4, 0.5) is 5.82 Å². The largest absolute Gasteiger partial charge is 0.494 e. The summed E-state index contributed by atoms with van der Waals surface area (Å²) in [4.78, 5) is 98.9. The summed E-state index contributed by atoms with van der Waals surface area (Å²) in [6.45, 7) is 0. The number of pyridine rings is 4. The van der Waals surface area contributed by atoms with Gasteiger partial charge in [0.2, 0.25) is 0 Å². The minimum atomic E-state index is -1.71. The molecule has 3 aliphatic rings. The van der Waals surface area contributed by atoms with Gasteiger partial charge in [0.25, 0.3) is 17.0 Å². The van der Waals surface area contributed by atoms with Crippen molar-refractivity contribution in [3.63, 3.8) is 0 Å². The lowest BCUT2D eigenvalue weighted by molar-refractivity contribution is 0.0682. The number of nitrogens with one attached hydrogen (secondary N) is 2. The fourth-order valence-electron chi connectivity index (χ4n) is 4.88. The molecular weight excluding hydrogens is 652 g/mol. The highest BCUT2D eigenvalue weighted by Gasteiger charge is 2.33. The number of fused-ring (bicyclic) bond motifs is 2. The zero-order chi connectivity index (χ0) is 35.3. The average Bonchev–Trinajstić information content (AvgIpc) is 3.56. The molecule has 0 fully saturated rings. The van der Waals surface area contributed by atoms with E-state index in [4.69, 9.17) is 10.2 Å². The van der Waals surface area contributed by atoms with Crippen LogP contribution < -0.4 is 26.8 Å². The van der Waals surface area contributed by atoms with Gasteiger partial charge in [-0.15, -0.1) is 10.2 Å². The van der Waals surface area contributed by atoms with Gasteiger partial charge in [-0.25, -0.2) is 29.1 Å². The molecule has 6 heterocycles. The number of aromatic amines is 2. The predicted octanol–water partition coefficient (Wildman–Crippen LogP) is -0.669. The van der Waals surface area contributed by atoms with E-state index in [1.165, 1.54) is 0 Å². The number of anilines is 1. The van der Waals surface area contributed by atoms with Gasteiger partial charge in [0.1, 0.15) is 11.1 Å². The van der Waals surface area contributed by atoms with Crippen molar-refractivity contribution in [1.82, 2.24) is 29.7 Å². The first-order valence-electron chi connectivity index (χ1n) is 13.4. The number of carboxylic acid groups (broad SMARTS) is 4. The number of allylic oxidation sites excluding steroid dienone is 1. The molecule has 1 amide bonds. The van der Waals surface area contributed by atoms with E-state index in [-0.39, 0.29) is 28.6 Å². The van der Waals surface area contributed by atoms with Gasteiger partial charge in [0.05, 0.1) is 27.5 Å². The molecule has 0 aliphatic carbocycles. The first-order chi connectivity index (χ1) is 23.3. The van der Waals surface area contributed by atoms with Crippen molar-refractivity contribution in [2.45, 2.75) is 0 Å². The first kappa shape index (κ1) is 31.2. The van der Waals surface area contributed by atoms with Gasteiger partial charge in [0, 0.05) is 18.0 Å². The summed E-state index contributed by atoms with van der Waals surface area (Å²) in [6, 6.07) is 4.57. The molecule has 0 saturated heterocycles. The van der Waals surface area contributed by atoms with Crippen molar-refractivity contribution in [2.24, 2.45) is 5.10 Å². The molecule has 49 heavy (non-hydrogen) atoms. The highest BCUT2D eigenvalue weighted by molar-refractivity contribution is 6.12. The summed E-state index contributed by atoms with van der Waals surface area (Å²) in [5.74, 6) is -8.47. The second-order valence-corrected chi connectivity index (χ2v) is 9.94. The van der Waals surface area contributed by atoms with Gasteiger partial charge in [-0.1, -0.05) is 6.08 Å². The number of amides is 1. The van der Waals surface area contributed by atoms with E-state index in [0.29, 0.717) is 9.69 Å². The van der Waals surface area contributed by atoms with Crippen molar-refractivity contribution in [3.05, 3.63) is 108 Å². The minimum Gasteiger partial charge on any atom is -0.494 e. The molecule has 3 aromatic heterocycles. The Bertz CT molecular complexity index is 2530. The number of aromatic carboxylic acids is 4. The SMILES string of the molecule is O=C(O)c1ccc(N2N=c3[nH]c(=O)c(=CC=Cc4c(O)[nH]c5nn(-c6ccc(C(=O)O)cn6)c(=O)c-5c4C(=O)O)c(C(=O)O)c3C2=O)nc1. The lowest BCUT2D eigenvalue weighted by Gasteiger charge is -2.10. The van der Waals surface area contributed by atoms with Crippen LogP contribution in [0.2, 0.25) is 0 Å². The molecule has 0 unspecified atom stereocenters. The van der Waals surface area contributed by atoms with E-state index < -0.39 is 85.3 Å². The van der Waals surface area contributed by atoms with Crippen LogP contribution in [-0.4, -0.2) is 85.0 Å². The molecule has 0 spiro atoms. The van der Waals surface area contributed by atoms with Crippen LogP contribution in [0.3, 0.4) is 0 Å². The number of hydrogen-bond donors (Lipinski definition) is 7. The maximum Gasteiger partial charge on any atom is 0.337 e. The quantitative estimate of drug-likeness (QED) is 0.108. The molecule has 3 aromatic rings. The maximum absolute atomic E-state index is 13.3. The lowest BCUT2D eigenvalue weighted by atomic mass is 10.0. The first-order valence-corrected chi connectivity index (χ1v) is 13.4. The second kappa shape index (κ2) is 11.5.